The number of halogens is 1. The van der Waals surface area contributed by atoms with E-state index in [-0.39, 0.29) is 18.4 Å². The number of nitrogens with zero attached hydrogens (tertiary/aromatic N) is 1. The number of rotatable bonds is 2. The summed E-state index contributed by atoms with van der Waals surface area (Å²) in [5.74, 6) is 0.847. The van der Waals surface area contributed by atoms with E-state index in [1.165, 1.54) is 0 Å². The first-order valence-corrected chi connectivity index (χ1v) is 6.69. The molecule has 6 heteroatoms. The van der Waals surface area contributed by atoms with Crippen LogP contribution in [-0.4, -0.2) is 21.9 Å². The summed E-state index contributed by atoms with van der Waals surface area (Å²) in [5.41, 5.74) is 13.4. The molecule has 1 aliphatic carbocycles. The third-order valence-corrected chi connectivity index (χ3v) is 3.90. The number of imidazole rings is 1. The standard InChI is InChI=1S/C14H18N4O.ClH/c15-9-4-1-3-8(7-9)14-17-11-6-2-5-10(13(16)19)12(11)18-14;/h2,5-6,8-9H,1,3-4,7,15H2,(H2,16,19)(H,17,18);1H. The van der Waals surface area contributed by atoms with Crippen molar-refractivity contribution in [3.8, 4) is 0 Å². The summed E-state index contributed by atoms with van der Waals surface area (Å²) in [7, 11) is 0. The molecule has 1 aromatic heterocycles. The van der Waals surface area contributed by atoms with Gasteiger partial charge >= 0.3 is 0 Å². The maximum absolute atomic E-state index is 11.4. The summed E-state index contributed by atoms with van der Waals surface area (Å²) in [5, 5.41) is 0. The molecule has 2 atom stereocenters. The number of para-hydroxylation sites is 1. The lowest BCUT2D eigenvalue weighted by Crippen LogP contribution is -2.27. The molecule has 5 nitrogen and oxygen atoms in total. The number of carbonyl (C=O) groups excluding carboxylic acids is 1. The molecular formula is C14H19ClN4O. The smallest absolute Gasteiger partial charge is 0.250 e. The van der Waals surface area contributed by atoms with Gasteiger partial charge in [0.2, 0.25) is 0 Å². The highest BCUT2D eigenvalue weighted by atomic mass is 35.5. The molecule has 5 N–H and O–H groups in total. The van der Waals surface area contributed by atoms with E-state index >= 15 is 0 Å². The molecule has 3 rings (SSSR count). The average molecular weight is 295 g/mol. The molecule has 2 aromatic rings. The van der Waals surface area contributed by atoms with E-state index in [9.17, 15) is 4.79 Å². The Morgan fingerprint density at radius 3 is 2.85 bits per heavy atom. The van der Waals surface area contributed by atoms with Crippen molar-refractivity contribution in [2.75, 3.05) is 0 Å². The van der Waals surface area contributed by atoms with Crippen molar-refractivity contribution in [1.82, 2.24) is 9.97 Å². The number of aromatic amines is 1. The molecule has 1 aliphatic rings. The number of carbonyl (C=O) groups is 1. The second-order valence-electron chi connectivity index (χ2n) is 5.31. The van der Waals surface area contributed by atoms with Gasteiger partial charge in [0.1, 0.15) is 11.3 Å². The van der Waals surface area contributed by atoms with Crippen molar-refractivity contribution in [2.24, 2.45) is 11.5 Å². The molecule has 0 radical (unpaired) electrons. The lowest BCUT2D eigenvalue weighted by molar-refractivity contribution is 0.100. The molecule has 0 bridgehead atoms. The number of hydrogen-bond donors (Lipinski definition) is 3. The summed E-state index contributed by atoms with van der Waals surface area (Å²) in [6.07, 6.45) is 4.26. The maximum atomic E-state index is 11.4. The van der Waals surface area contributed by atoms with Crippen LogP contribution in [0.2, 0.25) is 0 Å². The minimum absolute atomic E-state index is 0. The second-order valence-corrected chi connectivity index (χ2v) is 5.31. The highest BCUT2D eigenvalue weighted by Crippen LogP contribution is 2.32. The second kappa shape index (κ2) is 5.81. The molecule has 108 valence electrons. The lowest BCUT2D eigenvalue weighted by atomic mass is 9.86. The molecule has 1 saturated carbocycles. The molecule has 1 amide bonds. The Bertz CT molecular complexity index is 625. The first-order chi connectivity index (χ1) is 9.15. The average Bonchev–Trinajstić information content (AvgIpc) is 2.82. The van der Waals surface area contributed by atoms with Crippen molar-refractivity contribution in [3.05, 3.63) is 29.6 Å². The summed E-state index contributed by atoms with van der Waals surface area (Å²) in [6, 6.07) is 5.70. The molecule has 0 saturated heterocycles. The van der Waals surface area contributed by atoms with E-state index in [2.05, 4.69) is 9.97 Å². The van der Waals surface area contributed by atoms with Gasteiger partial charge in [-0.1, -0.05) is 12.5 Å². The van der Waals surface area contributed by atoms with Gasteiger partial charge in [-0.05, 0) is 31.4 Å². The van der Waals surface area contributed by atoms with Crippen LogP contribution in [0, 0.1) is 0 Å². The predicted octanol–water partition coefficient (Wildman–Crippen LogP) is 2.07. The number of nitrogens with two attached hydrogens (primary N) is 2. The highest BCUT2D eigenvalue weighted by Gasteiger charge is 2.24. The molecule has 2 unspecified atom stereocenters. The van der Waals surface area contributed by atoms with Crippen LogP contribution in [0.4, 0.5) is 0 Å². The zero-order valence-electron chi connectivity index (χ0n) is 11.1. The Kier molecular flexibility index (Phi) is 4.30. The number of aromatic nitrogens is 2. The van der Waals surface area contributed by atoms with Gasteiger partial charge in [-0.3, -0.25) is 4.79 Å². The van der Waals surface area contributed by atoms with E-state index in [1.807, 2.05) is 12.1 Å². The minimum atomic E-state index is -0.441. The van der Waals surface area contributed by atoms with Crippen LogP contribution >= 0.6 is 12.4 Å². The molecule has 1 aromatic carbocycles. The number of nitrogens with one attached hydrogen (secondary N) is 1. The molecular weight excluding hydrogens is 276 g/mol. The fourth-order valence-corrected chi connectivity index (χ4v) is 2.92. The Morgan fingerprint density at radius 2 is 2.15 bits per heavy atom. The zero-order chi connectivity index (χ0) is 13.4. The third-order valence-electron chi connectivity index (χ3n) is 3.90. The fourth-order valence-electron chi connectivity index (χ4n) is 2.92. The van der Waals surface area contributed by atoms with Crippen LogP contribution < -0.4 is 11.5 Å². The van der Waals surface area contributed by atoms with Crippen LogP contribution in [-0.2, 0) is 0 Å². The van der Waals surface area contributed by atoms with Gasteiger partial charge in [0, 0.05) is 12.0 Å². The van der Waals surface area contributed by atoms with Gasteiger partial charge in [0.15, 0.2) is 0 Å². The Morgan fingerprint density at radius 1 is 1.35 bits per heavy atom. The topological polar surface area (TPSA) is 97.8 Å². The van der Waals surface area contributed by atoms with Crippen LogP contribution in [0.1, 0.15) is 47.8 Å². The van der Waals surface area contributed by atoms with Crippen LogP contribution in [0.25, 0.3) is 11.0 Å². The number of H-pyrrole nitrogens is 1. The monoisotopic (exact) mass is 294 g/mol. The van der Waals surface area contributed by atoms with E-state index in [1.54, 1.807) is 6.07 Å². The van der Waals surface area contributed by atoms with Gasteiger partial charge in [0.05, 0.1) is 11.1 Å². The first-order valence-electron chi connectivity index (χ1n) is 6.69. The van der Waals surface area contributed by atoms with Crippen molar-refractivity contribution >= 4 is 29.3 Å². The number of fused-ring (bicyclic) bond motifs is 1. The largest absolute Gasteiger partial charge is 0.366 e. The first kappa shape index (κ1) is 14.8. The third kappa shape index (κ3) is 2.64. The van der Waals surface area contributed by atoms with Crippen molar-refractivity contribution < 1.29 is 4.79 Å². The Labute approximate surface area is 123 Å². The van der Waals surface area contributed by atoms with Gasteiger partial charge in [-0.15, -0.1) is 12.4 Å². The van der Waals surface area contributed by atoms with Gasteiger partial charge < -0.3 is 16.5 Å². The number of hydrogen-bond acceptors (Lipinski definition) is 3. The Hall–Kier alpha value is -1.59. The number of amides is 1. The number of primary amides is 1. The van der Waals surface area contributed by atoms with Gasteiger partial charge in [0.25, 0.3) is 5.91 Å². The van der Waals surface area contributed by atoms with Gasteiger partial charge in [-0.25, -0.2) is 4.98 Å². The fraction of sp³-hybridized carbons (Fsp3) is 0.429. The molecule has 1 heterocycles. The van der Waals surface area contributed by atoms with E-state index < -0.39 is 5.91 Å². The summed E-state index contributed by atoms with van der Waals surface area (Å²) in [6.45, 7) is 0. The SMILES string of the molecule is Cl.NC(=O)c1cccc2[nH]c(C3CCCC(N)C3)nc12. The van der Waals surface area contributed by atoms with Crippen LogP contribution in [0.15, 0.2) is 18.2 Å². The highest BCUT2D eigenvalue weighted by molar-refractivity contribution is 6.04. The van der Waals surface area contributed by atoms with E-state index in [0.29, 0.717) is 17.0 Å². The van der Waals surface area contributed by atoms with Crippen molar-refractivity contribution in [3.63, 3.8) is 0 Å². The lowest BCUT2D eigenvalue weighted by Gasteiger charge is -2.24. The van der Waals surface area contributed by atoms with E-state index in [4.69, 9.17) is 11.5 Å². The molecule has 0 spiro atoms. The minimum Gasteiger partial charge on any atom is -0.366 e. The summed E-state index contributed by atoms with van der Waals surface area (Å²) in [4.78, 5) is 19.3. The van der Waals surface area contributed by atoms with E-state index in [0.717, 1.165) is 37.0 Å². The Balaban J connectivity index is 0.00000147. The predicted molar refractivity (Wildman–Crippen MR) is 81.0 cm³/mol. The molecule has 20 heavy (non-hydrogen) atoms. The zero-order valence-corrected chi connectivity index (χ0v) is 12.0. The number of benzene rings is 1. The van der Waals surface area contributed by atoms with Crippen molar-refractivity contribution in [2.45, 2.75) is 37.6 Å². The normalized spacial score (nSPS) is 22.4. The summed E-state index contributed by atoms with van der Waals surface area (Å²) < 4.78 is 0. The summed E-state index contributed by atoms with van der Waals surface area (Å²) >= 11 is 0. The van der Waals surface area contributed by atoms with Crippen LogP contribution in [0.3, 0.4) is 0 Å². The quantitative estimate of drug-likeness (QED) is 0.791. The van der Waals surface area contributed by atoms with Gasteiger partial charge in [-0.2, -0.15) is 0 Å². The molecule has 0 aliphatic heterocycles. The van der Waals surface area contributed by atoms with Crippen LogP contribution in [0.5, 0.6) is 0 Å². The molecule has 1 fully saturated rings. The maximum Gasteiger partial charge on any atom is 0.250 e. The van der Waals surface area contributed by atoms with Crippen molar-refractivity contribution in [1.29, 1.82) is 0 Å².